The second-order valence-electron chi connectivity index (χ2n) is 3.74. The number of nitrogens with one attached hydrogen (secondary N) is 1. The molecule has 0 saturated carbocycles. The molecule has 2 aromatic carbocycles. The summed E-state index contributed by atoms with van der Waals surface area (Å²) in [6, 6.07) is 14.2. The van der Waals surface area contributed by atoms with Gasteiger partial charge >= 0.3 is 0 Å². The van der Waals surface area contributed by atoms with Crippen LogP contribution in [0.3, 0.4) is 0 Å². The van der Waals surface area contributed by atoms with Gasteiger partial charge in [-0.1, -0.05) is 24.3 Å². The Morgan fingerprint density at radius 2 is 1.83 bits per heavy atom. The molecule has 0 aliphatic carbocycles. The van der Waals surface area contributed by atoms with Crippen molar-refractivity contribution in [2.45, 2.75) is 0 Å². The molecule has 4 heteroatoms. The zero-order valence-corrected chi connectivity index (χ0v) is 10.0. The summed E-state index contributed by atoms with van der Waals surface area (Å²) in [6.45, 7) is 0. The molecule has 0 bridgehead atoms. The molecule has 2 rings (SSSR count). The topological polar surface area (TPSA) is 64.3 Å². The van der Waals surface area contributed by atoms with E-state index >= 15 is 0 Å². The van der Waals surface area contributed by atoms with E-state index < -0.39 is 0 Å². The summed E-state index contributed by atoms with van der Waals surface area (Å²) < 4.78 is 5.10. The number of carbonyl (C=O) groups excluding carboxylic acids is 1. The predicted molar refractivity (Wildman–Crippen MR) is 71.8 cm³/mol. The molecule has 4 nitrogen and oxygen atoms in total. The predicted octanol–water partition coefficient (Wildman–Crippen LogP) is 2.53. The molecule has 18 heavy (non-hydrogen) atoms. The van der Waals surface area contributed by atoms with Gasteiger partial charge in [-0.2, -0.15) is 0 Å². The van der Waals surface area contributed by atoms with Crippen molar-refractivity contribution in [1.82, 2.24) is 0 Å². The number of nitrogen functional groups attached to an aromatic ring is 1. The Bertz CT molecular complexity index is 553. The summed E-state index contributed by atoms with van der Waals surface area (Å²) in [5.41, 5.74) is 7.43. The van der Waals surface area contributed by atoms with Crippen molar-refractivity contribution in [2.24, 2.45) is 0 Å². The fourth-order valence-corrected chi connectivity index (χ4v) is 1.62. The third-order valence-corrected chi connectivity index (χ3v) is 2.57. The molecule has 0 spiro atoms. The second-order valence-corrected chi connectivity index (χ2v) is 3.74. The molecule has 0 aliphatic rings. The number of methoxy groups -OCH3 is 1. The minimum atomic E-state index is -0.199. The van der Waals surface area contributed by atoms with E-state index in [0.717, 1.165) is 0 Å². The maximum absolute atomic E-state index is 12.0. The fourth-order valence-electron chi connectivity index (χ4n) is 1.62. The molecule has 0 radical (unpaired) electrons. The van der Waals surface area contributed by atoms with Crippen molar-refractivity contribution in [3.63, 3.8) is 0 Å². The Morgan fingerprint density at radius 1 is 1.11 bits per heavy atom. The lowest BCUT2D eigenvalue weighted by Gasteiger charge is -2.11. The van der Waals surface area contributed by atoms with Gasteiger partial charge in [0.2, 0.25) is 0 Å². The van der Waals surface area contributed by atoms with Gasteiger partial charge in [0.05, 0.1) is 18.5 Å². The highest BCUT2D eigenvalue weighted by Gasteiger charge is 2.09. The number of anilines is 2. The van der Waals surface area contributed by atoms with E-state index in [2.05, 4.69) is 5.32 Å². The first-order chi connectivity index (χ1) is 8.72. The van der Waals surface area contributed by atoms with Crippen LogP contribution in [0.25, 0.3) is 0 Å². The summed E-state index contributed by atoms with van der Waals surface area (Å²) in [7, 11) is 1.54. The molecule has 0 aromatic heterocycles. The Hall–Kier alpha value is -2.49. The second kappa shape index (κ2) is 5.23. The van der Waals surface area contributed by atoms with Gasteiger partial charge in [-0.3, -0.25) is 4.79 Å². The summed E-state index contributed by atoms with van der Waals surface area (Å²) in [4.78, 5) is 12.0. The van der Waals surface area contributed by atoms with Crippen LogP contribution < -0.4 is 15.8 Å². The van der Waals surface area contributed by atoms with Crippen LogP contribution in [0.15, 0.2) is 48.5 Å². The molecule has 92 valence electrons. The number of amides is 1. The molecular formula is C14H14N2O2. The maximum atomic E-state index is 12.0. The third kappa shape index (κ3) is 2.43. The highest BCUT2D eigenvalue weighted by molar-refractivity contribution is 6.06. The van der Waals surface area contributed by atoms with Crippen LogP contribution in [0, 0.1) is 0 Å². The Kier molecular flexibility index (Phi) is 3.48. The quantitative estimate of drug-likeness (QED) is 0.813. The summed E-state index contributed by atoms with van der Waals surface area (Å²) in [5, 5.41) is 2.76. The SMILES string of the molecule is COc1cccc(NC(=O)c2ccccc2)c1N. The Balaban J connectivity index is 2.22. The van der Waals surface area contributed by atoms with Crippen LogP contribution in [0.1, 0.15) is 10.4 Å². The van der Waals surface area contributed by atoms with Gasteiger partial charge in [0.15, 0.2) is 0 Å². The van der Waals surface area contributed by atoms with E-state index in [1.165, 1.54) is 7.11 Å². The lowest BCUT2D eigenvalue weighted by atomic mass is 10.2. The normalized spacial score (nSPS) is 9.83. The monoisotopic (exact) mass is 242 g/mol. The Labute approximate surface area is 105 Å². The molecule has 0 atom stereocenters. The highest BCUT2D eigenvalue weighted by Crippen LogP contribution is 2.29. The fraction of sp³-hybridized carbons (Fsp3) is 0.0714. The number of ether oxygens (including phenoxy) is 1. The van der Waals surface area contributed by atoms with Gasteiger partial charge in [0.1, 0.15) is 5.75 Å². The van der Waals surface area contributed by atoms with Crippen LogP contribution in [0.5, 0.6) is 5.75 Å². The van der Waals surface area contributed by atoms with E-state index in [-0.39, 0.29) is 5.91 Å². The first-order valence-corrected chi connectivity index (χ1v) is 5.51. The summed E-state index contributed by atoms with van der Waals surface area (Å²) in [6.07, 6.45) is 0. The first-order valence-electron chi connectivity index (χ1n) is 5.51. The molecule has 0 fully saturated rings. The van der Waals surface area contributed by atoms with Crippen LogP contribution in [-0.2, 0) is 0 Å². The zero-order chi connectivity index (χ0) is 13.0. The lowest BCUT2D eigenvalue weighted by Crippen LogP contribution is -2.13. The van der Waals surface area contributed by atoms with E-state index in [1.807, 2.05) is 18.2 Å². The number of rotatable bonds is 3. The van der Waals surface area contributed by atoms with Crippen molar-refractivity contribution in [3.8, 4) is 5.75 Å². The average molecular weight is 242 g/mol. The maximum Gasteiger partial charge on any atom is 0.255 e. The minimum Gasteiger partial charge on any atom is -0.495 e. The standard InChI is InChI=1S/C14H14N2O2/c1-18-12-9-5-8-11(13(12)15)16-14(17)10-6-3-2-4-7-10/h2-9H,15H2,1H3,(H,16,17). The van der Waals surface area contributed by atoms with E-state index in [9.17, 15) is 4.79 Å². The van der Waals surface area contributed by atoms with E-state index in [1.54, 1.807) is 30.3 Å². The van der Waals surface area contributed by atoms with Crippen LogP contribution in [0.4, 0.5) is 11.4 Å². The molecule has 0 unspecified atom stereocenters. The number of carbonyl (C=O) groups is 1. The molecule has 0 heterocycles. The number of para-hydroxylation sites is 1. The van der Waals surface area contributed by atoms with Gasteiger partial charge in [0.25, 0.3) is 5.91 Å². The van der Waals surface area contributed by atoms with Gasteiger partial charge < -0.3 is 15.8 Å². The van der Waals surface area contributed by atoms with Crippen molar-refractivity contribution in [3.05, 3.63) is 54.1 Å². The van der Waals surface area contributed by atoms with Gasteiger partial charge in [-0.15, -0.1) is 0 Å². The summed E-state index contributed by atoms with van der Waals surface area (Å²) >= 11 is 0. The van der Waals surface area contributed by atoms with Crippen molar-refractivity contribution < 1.29 is 9.53 Å². The number of benzene rings is 2. The third-order valence-electron chi connectivity index (χ3n) is 2.57. The lowest BCUT2D eigenvalue weighted by molar-refractivity contribution is 0.102. The van der Waals surface area contributed by atoms with E-state index in [0.29, 0.717) is 22.7 Å². The van der Waals surface area contributed by atoms with Crippen molar-refractivity contribution in [1.29, 1.82) is 0 Å². The largest absolute Gasteiger partial charge is 0.495 e. The Morgan fingerprint density at radius 3 is 2.50 bits per heavy atom. The van der Waals surface area contributed by atoms with Gasteiger partial charge in [-0.25, -0.2) is 0 Å². The van der Waals surface area contributed by atoms with Crippen LogP contribution in [0.2, 0.25) is 0 Å². The molecule has 2 aromatic rings. The molecule has 0 saturated heterocycles. The van der Waals surface area contributed by atoms with Crippen molar-refractivity contribution in [2.75, 3.05) is 18.2 Å². The number of nitrogens with two attached hydrogens (primary N) is 1. The highest BCUT2D eigenvalue weighted by atomic mass is 16.5. The molecular weight excluding hydrogens is 228 g/mol. The molecule has 1 amide bonds. The smallest absolute Gasteiger partial charge is 0.255 e. The molecule has 3 N–H and O–H groups in total. The van der Waals surface area contributed by atoms with Crippen LogP contribution in [-0.4, -0.2) is 13.0 Å². The summed E-state index contributed by atoms with van der Waals surface area (Å²) in [5.74, 6) is 0.344. The van der Waals surface area contributed by atoms with Crippen molar-refractivity contribution >= 4 is 17.3 Å². The van der Waals surface area contributed by atoms with Gasteiger partial charge in [-0.05, 0) is 24.3 Å². The van der Waals surface area contributed by atoms with Crippen LogP contribution >= 0.6 is 0 Å². The number of hydrogen-bond donors (Lipinski definition) is 2. The zero-order valence-electron chi connectivity index (χ0n) is 10.0. The first kappa shape index (κ1) is 12.0. The van der Waals surface area contributed by atoms with Gasteiger partial charge in [0, 0.05) is 5.56 Å². The minimum absolute atomic E-state index is 0.199. The molecule has 0 aliphatic heterocycles. The average Bonchev–Trinajstić information content (AvgIpc) is 2.42. The number of hydrogen-bond acceptors (Lipinski definition) is 3. The van der Waals surface area contributed by atoms with E-state index in [4.69, 9.17) is 10.5 Å².